The minimum atomic E-state index is -1.30. The first-order valence-electron chi connectivity index (χ1n) is 12.9. The molecular weight excluding hydrogens is 496 g/mol. The largest absolute Gasteiger partial charge is 0.493 e. The molecule has 1 fully saturated rings. The van der Waals surface area contributed by atoms with E-state index in [1.54, 1.807) is 30.3 Å². The molecule has 0 aliphatic carbocycles. The number of piperazine rings is 1. The second-order valence-electron chi connectivity index (χ2n) is 9.71. The van der Waals surface area contributed by atoms with E-state index < -0.39 is 23.8 Å². The van der Waals surface area contributed by atoms with Crippen molar-refractivity contribution in [2.75, 3.05) is 45.3 Å². The Kier molecular flexibility index (Phi) is 7.26. The van der Waals surface area contributed by atoms with Crippen LogP contribution in [-0.2, 0) is 4.79 Å². The third-order valence-electron chi connectivity index (χ3n) is 7.66. The van der Waals surface area contributed by atoms with Crippen molar-refractivity contribution in [3.8, 4) is 11.5 Å². The molecule has 0 saturated carbocycles. The van der Waals surface area contributed by atoms with Crippen LogP contribution in [0, 0.1) is 0 Å². The SMILES string of the molecule is COc1ccc(C(C(N)=O)N2C(=O)c3cccc(N4CCN(C(C)c5ccccc5)CC4)c3C2=O)cc1OC. The quantitative estimate of drug-likeness (QED) is 0.447. The summed E-state index contributed by atoms with van der Waals surface area (Å²) in [5, 5.41) is 0. The Labute approximate surface area is 227 Å². The Hall–Kier alpha value is -4.37. The van der Waals surface area contributed by atoms with E-state index >= 15 is 0 Å². The van der Waals surface area contributed by atoms with E-state index in [1.165, 1.54) is 19.8 Å². The summed E-state index contributed by atoms with van der Waals surface area (Å²) in [7, 11) is 2.96. The van der Waals surface area contributed by atoms with Crippen LogP contribution in [0.1, 0.15) is 50.9 Å². The van der Waals surface area contributed by atoms with Crippen molar-refractivity contribution in [1.29, 1.82) is 0 Å². The average Bonchev–Trinajstić information content (AvgIpc) is 3.22. The molecular formula is C30H32N4O5. The number of primary amides is 1. The molecule has 0 aromatic heterocycles. The van der Waals surface area contributed by atoms with Crippen LogP contribution < -0.4 is 20.1 Å². The molecule has 2 aliphatic heterocycles. The number of imide groups is 1. The van der Waals surface area contributed by atoms with Gasteiger partial charge in [0, 0.05) is 32.2 Å². The molecule has 2 N–H and O–H groups in total. The minimum absolute atomic E-state index is 0.268. The van der Waals surface area contributed by atoms with Gasteiger partial charge in [0.25, 0.3) is 11.8 Å². The number of amides is 3. The van der Waals surface area contributed by atoms with E-state index in [0.717, 1.165) is 18.0 Å². The van der Waals surface area contributed by atoms with Crippen LogP contribution in [0.25, 0.3) is 0 Å². The number of hydrogen-bond donors (Lipinski definition) is 1. The molecule has 5 rings (SSSR count). The predicted molar refractivity (Wildman–Crippen MR) is 147 cm³/mol. The number of nitrogens with two attached hydrogens (primary N) is 1. The van der Waals surface area contributed by atoms with Gasteiger partial charge in [-0.05, 0) is 42.3 Å². The van der Waals surface area contributed by atoms with Crippen LogP contribution in [0.3, 0.4) is 0 Å². The van der Waals surface area contributed by atoms with E-state index in [0.29, 0.717) is 41.4 Å². The van der Waals surface area contributed by atoms with Crippen molar-refractivity contribution in [1.82, 2.24) is 9.80 Å². The fourth-order valence-electron chi connectivity index (χ4n) is 5.54. The van der Waals surface area contributed by atoms with Gasteiger partial charge in [-0.25, -0.2) is 0 Å². The molecule has 9 nitrogen and oxygen atoms in total. The van der Waals surface area contributed by atoms with Crippen LogP contribution in [0.4, 0.5) is 5.69 Å². The minimum Gasteiger partial charge on any atom is -0.493 e. The molecule has 3 amide bonds. The monoisotopic (exact) mass is 528 g/mol. The van der Waals surface area contributed by atoms with Crippen molar-refractivity contribution >= 4 is 23.4 Å². The zero-order valence-corrected chi connectivity index (χ0v) is 22.3. The second kappa shape index (κ2) is 10.8. The van der Waals surface area contributed by atoms with Gasteiger partial charge in [0.15, 0.2) is 11.5 Å². The van der Waals surface area contributed by atoms with Crippen molar-refractivity contribution in [3.05, 3.63) is 89.0 Å². The van der Waals surface area contributed by atoms with Gasteiger partial charge in [0.2, 0.25) is 5.91 Å². The number of hydrogen-bond acceptors (Lipinski definition) is 7. The predicted octanol–water partition coefficient (Wildman–Crippen LogP) is 3.41. The Morgan fingerprint density at radius 1 is 0.821 bits per heavy atom. The summed E-state index contributed by atoms with van der Waals surface area (Å²) in [5.74, 6) is -1.09. The first-order chi connectivity index (χ1) is 18.8. The summed E-state index contributed by atoms with van der Waals surface area (Å²) in [6.45, 7) is 5.21. The molecule has 2 atom stereocenters. The smallest absolute Gasteiger partial charge is 0.264 e. The van der Waals surface area contributed by atoms with Crippen LogP contribution in [0.15, 0.2) is 66.7 Å². The topological polar surface area (TPSA) is 105 Å². The van der Waals surface area contributed by atoms with Gasteiger partial charge in [-0.1, -0.05) is 42.5 Å². The van der Waals surface area contributed by atoms with E-state index in [9.17, 15) is 14.4 Å². The number of carbonyl (C=O) groups is 3. The van der Waals surface area contributed by atoms with Crippen molar-refractivity contribution in [3.63, 3.8) is 0 Å². The van der Waals surface area contributed by atoms with Gasteiger partial charge in [0.05, 0.1) is 31.0 Å². The third-order valence-corrected chi connectivity index (χ3v) is 7.66. The fourth-order valence-corrected chi connectivity index (χ4v) is 5.54. The molecule has 0 radical (unpaired) electrons. The molecule has 2 unspecified atom stereocenters. The van der Waals surface area contributed by atoms with Crippen LogP contribution in [0.5, 0.6) is 11.5 Å². The number of benzene rings is 3. The Morgan fingerprint density at radius 2 is 1.51 bits per heavy atom. The molecule has 0 spiro atoms. The lowest BCUT2D eigenvalue weighted by Gasteiger charge is -2.39. The molecule has 2 heterocycles. The Bertz CT molecular complexity index is 1400. The highest BCUT2D eigenvalue weighted by Crippen LogP contribution is 2.39. The van der Waals surface area contributed by atoms with E-state index in [4.69, 9.17) is 15.2 Å². The molecule has 202 valence electrons. The van der Waals surface area contributed by atoms with Gasteiger partial charge in [0.1, 0.15) is 6.04 Å². The van der Waals surface area contributed by atoms with Gasteiger partial charge in [-0.2, -0.15) is 0 Å². The summed E-state index contributed by atoms with van der Waals surface area (Å²) in [6, 6.07) is 19.4. The zero-order chi connectivity index (χ0) is 27.7. The Morgan fingerprint density at radius 3 is 2.15 bits per heavy atom. The normalized spacial score (nSPS) is 17.1. The number of fused-ring (bicyclic) bond motifs is 1. The van der Waals surface area contributed by atoms with Gasteiger partial charge < -0.3 is 20.1 Å². The zero-order valence-electron chi connectivity index (χ0n) is 22.3. The molecule has 39 heavy (non-hydrogen) atoms. The maximum atomic E-state index is 13.8. The summed E-state index contributed by atoms with van der Waals surface area (Å²) in [6.07, 6.45) is 0. The van der Waals surface area contributed by atoms with Crippen molar-refractivity contribution < 1.29 is 23.9 Å². The molecule has 9 heteroatoms. The van der Waals surface area contributed by atoms with Crippen LogP contribution >= 0.6 is 0 Å². The average molecular weight is 529 g/mol. The fraction of sp³-hybridized carbons (Fsp3) is 0.300. The van der Waals surface area contributed by atoms with Crippen molar-refractivity contribution in [2.24, 2.45) is 5.73 Å². The van der Waals surface area contributed by atoms with Gasteiger partial charge >= 0.3 is 0 Å². The van der Waals surface area contributed by atoms with Crippen LogP contribution in [-0.4, -0.2) is 67.9 Å². The van der Waals surface area contributed by atoms with E-state index in [1.807, 2.05) is 24.3 Å². The van der Waals surface area contributed by atoms with Gasteiger partial charge in [-0.3, -0.25) is 24.2 Å². The standard InChI is InChI=1S/C30H32N4O5/c1-19(20-8-5-4-6-9-20)32-14-16-33(17-15-32)23-11-7-10-22-26(23)30(37)34(29(22)36)27(28(31)35)21-12-13-24(38-2)25(18-21)39-3/h4-13,18-19,27H,14-17H2,1-3H3,(H2,31,35). The molecule has 2 aliphatic rings. The highest BCUT2D eigenvalue weighted by molar-refractivity contribution is 6.25. The van der Waals surface area contributed by atoms with Gasteiger partial charge in [-0.15, -0.1) is 0 Å². The summed E-state index contributed by atoms with van der Waals surface area (Å²) < 4.78 is 10.6. The summed E-state index contributed by atoms with van der Waals surface area (Å²) in [5.41, 5.74) is 8.65. The molecule has 3 aromatic carbocycles. The first kappa shape index (κ1) is 26.2. The lowest BCUT2D eigenvalue weighted by Crippen LogP contribution is -2.47. The summed E-state index contributed by atoms with van der Waals surface area (Å²) in [4.78, 5) is 45.6. The van der Waals surface area contributed by atoms with Crippen molar-refractivity contribution in [2.45, 2.75) is 19.0 Å². The molecule has 1 saturated heterocycles. The summed E-state index contributed by atoms with van der Waals surface area (Å²) >= 11 is 0. The number of carbonyl (C=O) groups excluding carboxylic acids is 3. The lowest BCUT2D eigenvalue weighted by atomic mass is 10.0. The third kappa shape index (κ3) is 4.70. The number of nitrogens with zero attached hydrogens (tertiary/aromatic N) is 3. The highest BCUT2D eigenvalue weighted by Gasteiger charge is 2.45. The number of methoxy groups -OCH3 is 2. The lowest BCUT2D eigenvalue weighted by molar-refractivity contribution is -0.122. The van der Waals surface area contributed by atoms with E-state index in [2.05, 4.69) is 28.9 Å². The molecule has 0 bridgehead atoms. The number of anilines is 1. The maximum Gasteiger partial charge on any atom is 0.264 e. The maximum absolute atomic E-state index is 13.8. The first-order valence-corrected chi connectivity index (χ1v) is 12.9. The number of ether oxygens (including phenoxy) is 2. The highest BCUT2D eigenvalue weighted by atomic mass is 16.5. The Balaban J connectivity index is 1.41. The van der Waals surface area contributed by atoms with E-state index in [-0.39, 0.29) is 11.6 Å². The molecule has 3 aromatic rings. The van der Waals surface area contributed by atoms with Crippen LogP contribution in [0.2, 0.25) is 0 Å². The second-order valence-corrected chi connectivity index (χ2v) is 9.71. The number of rotatable bonds is 8.